The minimum absolute atomic E-state index is 0.0253. The summed E-state index contributed by atoms with van der Waals surface area (Å²) >= 11 is 1.10. The fraction of sp³-hybridized carbons (Fsp3) is 0.381. The fourth-order valence-electron chi connectivity index (χ4n) is 4.13. The van der Waals surface area contributed by atoms with Crippen molar-refractivity contribution in [1.29, 1.82) is 0 Å². The summed E-state index contributed by atoms with van der Waals surface area (Å²) < 4.78 is 5.09. The molecule has 174 valence electrons. The Morgan fingerprint density at radius 3 is 2.55 bits per heavy atom. The van der Waals surface area contributed by atoms with Crippen LogP contribution in [-0.2, 0) is 15.1 Å². The topological polar surface area (TPSA) is 166 Å². The first-order valence-electron chi connectivity index (χ1n) is 10.4. The normalized spacial score (nSPS) is 20.6. The van der Waals surface area contributed by atoms with Crippen LogP contribution in [0.15, 0.2) is 38.8 Å². The van der Waals surface area contributed by atoms with E-state index in [2.05, 4.69) is 25.6 Å². The van der Waals surface area contributed by atoms with Crippen molar-refractivity contribution < 1.29 is 19.4 Å². The van der Waals surface area contributed by atoms with Crippen LogP contribution in [0.4, 0.5) is 5.69 Å². The molecule has 0 bridgehead atoms. The molecule has 1 saturated carbocycles. The van der Waals surface area contributed by atoms with Crippen LogP contribution in [0.1, 0.15) is 37.7 Å². The number of nitrogens with zero attached hydrogens (tertiary/aromatic N) is 1. The van der Waals surface area contributed by atoms with E-state index in [4.69, 9.17) is 4.74 Å². The van der Waals surface area contributed by atoms with Crippen LogP contribution < -0.4 is 26.6 Å². The molecule has 2 fully saturated rings. The second-order valence-corrected chi connectivity index (χ2v) is 9.06. The van der Waals surface area contributed by atoms with Gasteiger partial charge in [-0.1, -0.05) is 24.6 Å². The van der Waals surface area contributed by atoms with Crippen LogP contribution in [-0.4, -0.2) is 44.4 Å². The summed E-state index contributed by atoms with van der Waals surface area (Å²) in [6.07, 6.45) is 2.40. The number of carbonyl (C=O) groups is 2. The monoisotopic (exact) mass is 473 g/mol. The summed E-state index contributed by atoms with van der Waals surface area (Å²) in [4.78, 5) is 57.8. The summed E-state index contributed by atoms with van der Waals surface area (Å²) in [7, 11) is 1.55. The Morgan fingerprint density at radius 1 is 1.21 bits per heavy atom. The van der Waals surface area contributed by atoms with Crippen LogP contribution >= 0.6 is 11.8 Å². The lowest BCUT2D eigenvalue weighted by molar-refractivity contribution is -0.122. The van der Waals surface area contributed by atoms with Gasteiger partial charge in [-0.05, 0) is 37.1 Å². The van der Waals surface area contributed by atoms with Crippen LogP contribution in [0, 0.1) is 0 Å². The number of rotatable bonds is 6. The molecule has 2 aromatic rings. The van der Waals surface area contributed by atoms with Crippen LogP contribution in [0.25, 0.3) is 0 Å². The first kappa shape index (κ1) is 22.6. The van der Waals surface area contributed by atoms with E-state index < -0.39 is 27.9 Å². The van der Waals surface area contributed by atoms with Gasteiger partial charge in [0, 0.05) is 12.1 Å². The number of carbonyl (C=O) groups excluding carboxylic acids is 2. The number of hydrogen-bond donors (Lipinski definition) is 5. The van der Waals surface area contributed by atoms with E-state index in [9.17, 15) is 24.3 Å². The molecule has 1 aliphatic carbocycles. The molecule has 1 aromatic heterocycles. The van der Waals surface area contributed by atoms with Crippen molar-refractivity contribution in [3.8, 4) is 11.6 Å². The van der Waals surface area contributed by atoms with Gasteiger partial charge < -0.3 is 20.5 Å². The molecule has 2 amide bonds. The van der Waals surface area contributed by atoms with Gasteiger partial charge in [0.2, 0.25) is 17.7 Å². The van der Waals surface area contributed by atoms with Crippen LogP contribution in [0.3, 0.4) is 0 Å². The van der Waals surface area contributed by atoms with Crippen molar-refractivity contribution in [2.24, 2.45) is 4.99 Å². The molecule has 11 nitrogen and oxygen atoms in total. The number of aromatic amines is 2. The van der Waals surface area contributed by atoms with Crippen LogP contribution in [0.2, 0.25) is 0 Å². The summed E-state index contributed by atoms with van der Waals surface area (Å²) in [6, 6.07) is 6.83. The van der Waals surface area contributed by atoms with E-state index in [0.29, 0.717) is 24.3 Å². The van der Waals surface area contributed by atoms with Crippen molar-refractivity contribution in [3.63, 3.8) is 0 Å². The highest BCUT2D eigenvalue weighted by Crippen LogP contribution is 2.44. The molecule has 1 aromatic carbocycles. The zero-order chi connectivity index (χ0) is 23.6. The lowest BCUT2D eigenvalue weighted by atomic mass is 9.90. The molecular formula is C21H23N5O6S. The minimum Gasteiger partial charge on any atom is -0.497 e. The quantitative estimate of drug-likeness (QED) is 0.420. The molecule has 0 spiro atoms. The minimum atomic E-state index is -1.07. The number of amidine groups is 1. The molecule has 2 aliphatic rings. The molecule has 12 heteroatoms. The van der Waals surface area contributed by atoms with Crippen LogP contribution in [0.5, 0.6) is 11.6 Å². The third kappa shape index (κ3) is 4.80. The highest BCUT2D eigenvalue weighted by molar-refractivity contribution is 8.15. The number of anilines is 1. The lowest BCUT2D eigenvalue weighted by Gasteiger charge is -2.24. The highest BCUT2D eigenvalue weighted by Gasteiger charge is 2.43. The summed E-state index contributed by atoms with van der Waals surface area (Å²) in [5.74, 6) is -0.566. The number of benzene rings is 1. The van der Waals surface area contributed by atoms with Gasteiger partial charge >= 0.3 is 5.69 Å². The van der Waals surface area contributed by atoms with E-state index in [1.54, 1.807) is 31.4 Å². The Kier molecular flexibility index (Phi) is 6.27. The third-order valence-corrected chi connectivity index (χ3v) is 6.74. The molecule has 1 saturated heterocycles. The highest BCUT2D eigenvalue weighted by atomic mass is 32.2. The predicted octanol–water partition coefficient (Wildman–Crippen LogP) is 1.16. The first-order chi connectivity index (χ1) is 15.8. The van der Waals surface area contributed by atoms with Crippen molar-refractivity contribution in [2.45, 2.75) is 42.9 Å². The number of thioether (sulfide) groups is 1. The van der Waals surface area contributed by atoms with Crippen molar-refractivity contribution in [1.82, 2.24) is 15.3 Å². The molecule has 0 unspecified atom stereocenters. The van der Waals surface area contributed by atoms with Crippen molar-refractivity contribution >= 4 is 34.4 Å². The summed E-state index contributed by atoms with van der Waals surface area (Å²) in [5, 5.41) is 15.3. The van der Waals surface area contributed by atoms with Crippen molar-refractivity contribution in [3.05, 3.63) is 50.7 Å². The van der Waals surface area contributed by atoms with E-state index in [1.165, 1.54) is 0 Å². The van der Waals surface area contributed by atoms with E-state index >= 15 is 0 Å². The number of H-pyrrole nitrogens is 2. The molecule has 1 aliphatic heterocycles. The maximum absolute atomic E-state index is 12.5. The Bertz CT molecular complexity index is 1210. The van der Waals surface area contributed by atoms with Gasteiger partial charge in [-0.15, -0.1) is 0 Å². The number of ether oxygens (including phenoxy) is 1. The van der Waals surface area contributed by atoms with Gasteiger partial charge in [-0.2, -0.15) is 0 Å². The van der Waals surface area contributed by atoms with Crippen molar-refractivity contribution in [2.75, 3.05) is 12.4 Å². The maximum Gasteiger partial charge on any atom is 0.328 e. The first-order valence-corrected chi connectivity index (χ1v) is 11.2. The van der Waals surface area contributed by atoms with E-state index in [0.717, 1.165) is 24.6 Å². The zero-order valence-corrected chi connectivity index (χ0v) is 18.6. The Labute approximate surface area is 192 Å². The number of amides is 2. The molecule has 4 rings (SSSR count). The second-order valence-electron chi connectivity index (χ2n) is 7.86. The third-order valence-electron chi connectivity index (χ3n) is 5.66. The molecule has 0 radical (unpaired) electrons. The Morgan fingerprint density at radius 2 is 1.91 bits per heavy atom. The number of aliphatic imine (C=N–C) groups is 1. The van der Waals surface area contributed by atoms with Gasteiger partial charge in [0.1, 0.15) is 16.6 Å². The molecule has 1 atom stereocenters. The zero-order valence-electron chi connectivity index (χ0n) is 17.8. The largest absolute Gasteiger partial charge is 0.497 e. The van der Waals surface area contributed by atoms with Gasteiger partial charge in [0.25, 0.3) is 5.56 Å². The molecular weight excluding hydrogens is 450 g/mol. The van der Waals surface area contributed by atoms with Gasteiger partial charge in [0.05, 0.1) is 12.6 Å². The molecule has 33 heavy (non-hydrogen) atoms. The van der Waals surface area contributed by atoms with Gasteiger partial charge in [-0.25, -0.2) is 4.79 Å². The Hall–Kier alpha value is -3.54. The molecule has 2 heterocycles. The number of methoxy groups -OCH3 is 1. The maximum atomic E-state index is 12.5. The number of aromatic nitrogens is 2. The van der Waals surface area contributed by atoms with Gasteiger partial charge in [0.15, 0.2) is 5.17 Å². The lowest BCUT2D eigenvalue weighted by Crippen LogP contribution is -2.35. The average molecular weight is 474 g/mol. The fourth-order valence-corrected chi connectivity index (χ4v) is 5.18. The predicted molar refractivity (Wildman–Crippen MR) is 123 cm³/mol. The standard InChI is InChI=1S/C21H23N5O6S/c1-32-12-6-4-11(5-7-12)22-14(27)10-13-16(28)25-20(33-13)26-21(8-2-3-9-21)15-17(29)23-19(31)24-18(15)30/h4-7,13H,2-3,8-10H2,1H3,(H,22,27)(H,25,26,28)(H3,23,24,29,30,31)/t13-/m0/s1. The molecule has 5 N–H and O–H groups in total. The number of nitrogens with one attached hydrogen (secondary N) is 4. The van der Waals surface area contributed by atoms with E-state index in [1.807, 2.05) is 0 Å². The second kappa shape index (κ2) is 9.14. The summed E-state index contributed by atoms with van der Waals surface area (Å²) in [6.45, 7) is 0. The van der Waals surface area contributed by atoms with E-state index in [-0.39, 0.29) is 29.0 Å². The average Bonchev–Trinajstić information content (AvgIpc) is 3.34. The SMILES string of the molecule is COc1ccc(NC(=O)C[C@@H]2SC(=NC3(c4c(O)[nH]c(=O)[nH]c4=O)CCCC3)NC2=O)cc1. The number of hydrogen-bond acceptors (Lipinski definition) is 8. The Balaban J connectivity index is 1.50. The number of aromatic hydroxyl groups is 1. The van der Waals surface area contributed by atoms with Gasteiger partial charge in [-0.3, -0.25) is 29.3 Å². The summed E-state index contributed by atoms with van der Waals surface area (Å²) in [5.41, 5.74) is -2.04. The smallest absolute Gasteiger partial charge is 0.328 e.